The Morgan fingerprint density at radius 2 is 1.73 bits per heavy atom. The molecule has 1 aromatic rings. The van der Waals surface area contributed by atoms with Crippen molar-refractivity contribution in [3.8, 4) is 11.8 Å². The van der Waals surface area contributed by atoms with Crippen LogP contribution in [0.3, 0.4) is 0 Å². The van der Waals surface area contributed by atoms with Crippen LogP contribution in [-0.2, 0) is 9.59 Å². The minimum atomic E-state index is -1.34. The Morgan fingerprint density at radius 1 is 1.13 bits per heavy atom. The molecule has 1 atom stereocenters. The zero-order chi connectivity index (χ0) is 11.3. The minimum Gasteiger partial charge on any atom is -0.480 e. The quantitative estimate of drug-likeness (QED) is 0.703. The maximum absolute atomic E-state index is 10.8. The number of hydrogen-bond donors (Lipinski definition) is 2. The van der Waals surface area contributed by atoms with E-state index >= 15 is 0 Å². The largest absolute Gasteiger partial charge is 0.480 e. The molecule has 0 amide bonds. The van der Waals surface area contributed by atoms with Gasteiger partial charge in [-0.2, -0.15) is 0 Å². The van der Waals surface area contributed by atoms with Gasteiger partial charge in [0.2, 0.25) is 0 Å². The Morgan fingerprint density at radius 3 is 2.20 bits per heavy atom. The zero-order valence-corrected chi connectivity index (χ0v) is 7.68. The highest BCUT2D eigenvalue weighted by molar-refractivity contribution is 5.89. The number of hydrogen-bond acceptors (Lipinski definition) is 2. The monoisotopic (exact) mass is 204 g/mol. The van der Waals surface area contributed by atoms with Gasteiger partial charge in [-0.1, -0.05) is 36.3 Å². The average molecular weight is 204 g/mol. The smallest absolute Gasteiger partial charge is 0.381 e. The van der Waals surface area contributed by atoms with Crippen LogP contribution in [0.25, 0.3) is 0 Å². The van der Waals surface area contributed by atoms with Gasteiger partial charge in [0.1, 0.15) is 5.92 Å². The number of rotatable bonds is 2. The molecule has 0 bridgehead atoms. The van der Waals surface area contributed by atoms with Crippen molar-refractivity contribution in [2.45, 2.75) is 5.92 Å². The second kappa shape index (κ2) is 4.82. The summed E-state index contributed by atoms with van der Waals surface area (Å²) in [5, 5.41) is 17.2. The average Bonchev–Trinajstić information content (AvgIpc) is 2.18. The summed E-state index contributed by atoms with van der Waals surface area (Å²) >= 11 is 0. The first-order chi connectivity index (χ1) is 7.11. The van der Waals surface area contributed by atoms with E-state index in [2.05, 4.69) is 5.92 Å². The summed E-state index contributed by atoms with van der Waals surface area (Å²) in [7, 11) is 0. The molecule has 0 heterocycles. The highest BCUT2D eigenvalue weighted by Gasteiger charge is 2.16. The molecule has 0 saturated heterocycles. The molecule has 1 unspecified atom stereocenters. The van der Waals surface area contributed by atoms with Crippen LogP contribution >= 0.6 is 0 Å². The van der Waals surface area contributed by atoms with Crippen molar-refractivity contribution in [2.75, 3.05) is 0 Å². The van der Waals surface area contributed by atoms with Crippen LogP contribution < -0.4 is 0 Å². The lowest BCUT2D eigenvalue weighted by molar-refractivity contribution is -0.137. The molecule has 0 aliphatic rings. The lowest BCUT2D eigenvalue weighted by Gasteiger charge is -2.04. The van der Waals surface area contributed by atoms with Crippen molar-refractivity contribution in [1.29, 1.82) is 0 Å². The van der Waals surface area contributed by atoms with Crippen LogP contribution in [0.4, 0.5) is 0 Å². The third-order valence-electron chi connectivity index (χ3n) is 1.70. The molecule has 0 aliphatic carbocycles. The van der Waals surface area contributed by atoms with Crippen LogP contribution in [0.1, 0.15) is 11.5 Å². The Balaban J connectivity index is 3.01. The molecule has 15 heavy (non-hydrogen) atoms. The summed E-state index contributed by atoms with van der Waals surface area (Å²) in [5.41, 5.74) is 0.471. The molecule has 4 heteroatoms. The first-order valence-electron chi connectivity index (χ1n) is 4.13. The number of carboxylic acid groups (broad SMARTS) is 2. The number of aliphatic carboxylic acids is 2. The van der Waals surface area contributed by atoms with Crippen molar-refractivity contribution < 1.29 is 19.8 Å². The molecular formula is C11H8O4. The third kappa shape index (κ3) is 3.16. The van der Waals surface area contributed by atoms with Gasteiger partial charge in [-0.25, -0.2) is 4.79 Å². The van der Waals surface area contributed by atoms with E-state index in [1.807, 2.05) is 5.92 Å². The number of carboxylic acids is 2. The van der Waals surface area contributed by atoms with Crippen LogP contribution in [0.5, 0.6) is 0 Å². The minimum absolute atomic E-state index is 0.471. The third-order valence-corrected chi connectivity index (χ3v) is 1.70. The molecule has 2 N–H and O–H groups in total. The first kappa shape index (κ1) is 10.8. The molecule has 0 aromatic heterocycles. The lowest BCUT2D eigenvalue weighted by atomic mass is 10.0. The summed E-state index contributed by atoms with van der Waals surface area (Å²) in [4.78, 5) is 21.0. The summed E-state index contributed by atoms with van der Waals surface area (Å²) in [6.45, 7) is 0. The van der Waals surface area contributed by atoms with Crippen LogP contribution in [-0.4, -0.2) is 22.2 Å². The van der Waals surface area contributed by atoms with E-state index < -0.39 is 17.9 Å². The van der Waals surface area contributed by atoms with E-state index in [0.29, 0.717) is 5.56 Å². The molecule has 0 spiro atoms. The highest BCUT2D eigenvalue weighted by Crippen LogP contribution is 2.14. The molecule has 1 aromatic carbocycles. The fraction of sp³-hybridized carbons (Fsp3) is 0.0909. The molecule has 76 valence electrons. The first-order valence-corrected chi connectivity index (χ1v) is 4.13. The standard InChI is InChI=1S/C11H8O4/c12-10(13)7-6-9(11(14)15)8-4-2-1-3-5-8/h1-5,9H,(H,12,13)(H,14,15). The fourth-order valence-corrected chi connectivity index (χ4v) is 1.07. The Kier molecular flexibility index (Phi) is 3.47. The predicted octanol–water partition coefficient (Wildman–Crippen LogP) is 0.943. The van der Waals surface area contributed by atoms with E-state index in [4.69, 9.17) is 10.2 Å². The van der Waals surface area contributed by atoms with Crippen molar-refractivity contribution in [2.24, 2.45) is 0 Å². The predicted molar refractivity (Wildman–Crippen MR) is 52.2 cm³/mol. The SMILES string of the molecule is O=C(O)C#CC(C(=O)O)c1ccccc1. The van der Waals surface area contributed by atoms with E-state index in [9.17, 15) is 9.59 Å². The van der Waals surface area contributed by atoms with Gasteiger partial charge in [-0.15, -0.1) is 0 Å². The molecule has 0 radical (unpaired) electrons. The maximum atomic E-state index is 10.8. The molecule has 1 rings (SSSR count). The summed E-state index contributed by atoms with van der Waals surface area (Å²) in [6, 6.07) is 8.28. The van der Waals surface area contributed by atoms with Crippen LogP contribution in [0.2, 0.25) is 0 Å². The van der Waals surface area contributed by atoms with Crippen LogP contribution in [0, 0.1) is 11.8 Å². The fourth-order valence-electron chi connectivity index (χ4n) is 1.07. The van der Waals surface area contributed by atoms with Gasteiger partial charge in [0, 0.05) is 5.92 Å². The van der Waals surface area contributed by atoms with Crippen molar-refractivity contribution in [1.82, 2.24) is 0 Å². The van der Waals surface area contributed by atoms with Gasteiger partial charge in [0.05, 0.1) is 0 Å². The van der Waals surface area contributed by atoms with Gasteiger partial charge in [0.15, 0.2) is 0 Å². The van der Waals surface area contributed by atoms with Gasteiger partial charge in [-0.05, 0) is 5.56 Å². The molecule has 0 saturated carbocycles. The number of benzene rings is 1. The second-order valence-corrected chi connectivity index (χ2v) is 2.76. The highest BCUT2D eigenvalue weighted by atomic mass is 16.4. The molecule has 4 nitrogen and oxygen atoms in total. The van der Waals surface area contributed by atoms with E-state index in [-0.39, 0.29) is 0 Å². The lowest BCUT2D eigenvalue weighted by Crippen LogP contribution is -2.09. The van der Waals surface area contributed by atoms with Crippen molar-refractivity contribution in [3.63, 3.8) is 0 Å². The summed E-state index contributed by atoms with van der Waals surface area (Å²) < 4.78 is 0. The van der Waals surface area contributed by atoms with Gasteiger partial charge >= 0.3 is 11.9 Å². The Bertz CT molecular complexity index is 425. The Labute approximate surface area is 86.2 Å². The second-order valence-electron chi connectivity index (χ2n) is 2.76. The zero-order valence-electron chi connectivity index (χ0n) is 7.68. The van der Waals surface area contributed by atoms with Crippen molar-refractivity contribution in [3.05, 3.63) is 35.9 Å². The van der Waals surface area contributed by atoms with E-state index in [0.717, 1.165) is 0 Å². The number of carbonyl (C=O) groups is 2. The topological polar surface area (TPSA) is 74.6 Å². The molecular weight excluding hydrogens is 196 g/mol. The molecule has 0 aliphatic heterocycles. The summed E-state index contributed by atoms with van der Waals surface area (Å²) in [6.07, 6.45) is 0. The van der Waals surface area contributed by atoms with Gasteiger partial charge in [-0.3, -0.25) is 4.79 Å². The van der Waals surface area contributed by atoms with Crippen molar-refractivity contribution >= 4 is 11.9 Å². The van der Waals surface area contributed by atoms with E-state index in [1.165, 1.54) is 0 Å². The molecule has 0 fully saturated rings. The van der Waals surface area contributed by atoms with Gasteiger partial charge < -0.3 is 10.2 Å². The Hall–Kier alpha value is -2.28. The summed E-state index contributed by atoms with van der Waals surface area (Å²) in [5.74, 6) is 0.409. The van der Waals surface area contributed by atoms with E-state index in [1.54, 1.807) is 30.3 Å². The normalized spacial score (nSPS) is 10.9. The van der Waals surface area contributed by atoms with Gasteiger partial charge in [0.25, 0.3) is 0 Å². The van der Waals surface area contributed by atoms with Crippen LogP contribution in [0.15, 0.2) is 30.3 Å². The maximum Gasteiger partial charge on any atom is 0.381 e.